The van der Waals surface area contributed by atoms with Crippen molar-refractivity contribution < 1.29 is 14.8 Å². The number of nitrogens with zero attached hydrogens (tertiary/aromatic N) is 3. The van der Waals surface area contributed by atoms with E-state index in [9.17, 15) is 14.9 Å². The van der Waals surface area contributed by atoms with Crippen molar-refractivity contribution >= 4 is 33.4 Å². The Morgan fingerprint density at radius 3 is 2.90 bits per heavy atom. The van der Waals surface area contributed by atoms with Crippen LogP contribution in [0.4, 0.5) is 16.2 Å². The van der Waals surface area contributed by atoms with Crippen LogP contribution < -0.4 is 10.2 Å². The standard InChI is InChI=1S/C12H15BrN4O4/c1-7-2-8(15-12(18)19)6-16(5-7)11-9(13)3-14-4-10(11)17(20)21/h3-4,7-8,15H,2,5-6H2,1H3,(H,18,19)/t7-,8+/m1/s1. The number of hydrogen-bond donors (Lipinski definition) is 2. The predicted molar refractivity (Wildman–Crippen MR) is 79.5 cm³/mol. The smallest absolute Gasteiger partial charge is 0.404 e. The second kappa shape index (κ2) is 6.25. The van der Waals surface area contributed by atoms with E-state index in [1.807, 2.05) is 11.8 Å². The van der Waals surface area contributed by atoms with Crippen molar-refractivity contribution in [2.24, 2.45) is 5.92 Å². The highest BCUT2D eigenvalue weighted by atomic mass is 79.9. The summed E-state index contributed by atoms with van der Waals surface area (Å²) in [6, 6.07) is -0.258. The summed E-state index contributed by atoms with van der Waals surface area (Å²) in [6.07, 6.45) is 2.33. The Morgan fingerprint density at radius 1 is 1.57 bits per heavy atom. The number of aromatic nitrogens is 1. The van der Waals surface area contributed by atoms with E-state index in [2.05, 4.69) is 26.2 Å². The van der Waals surface area contributed by atoms with E-state index in [0.29, 0.717) is 29.7 Å². The summed E-state index contributed by atoms with van der Waals surface area (Å²) < 4.78 is 0.528. The van der Waals surface area contributed by atoms with Gasteiger partial charge in [-0.25, -0.2) is 4.79 Å². The Labute approximate surface area is 129 Å². The molecule has 0 radical (unpaired) electrons. The number of nitrogens with one attached hydrogen (secondary N) is 1. The van der Waals surface area contributed by atoms with Gasteiger partial charge in [0, 0.05) is 25.3 Å². The van der Waals surface area contributed by atoms with Gasteiger partial charge in [0.15, 0.2) is 0 Å². The van der Waals surface area contributed by atoms with E-state index >= 15 is 0 Å². The molecule has 1 amide bonds. The number of rotatable bonds is 3. The third-order valence-corrected chi connectivity index (χ3v) is 3.93. The van der Waals surface area contributed by atoms with Gasteiger partial charge in [0.25, 0.3) is 0 Å². The number of pyridine rings is 1. The molecule has 0 saturated carbocycles. The van der Waals surface area contributed by atoms with Crippen molar-refractivity contribution in [1.29, 1.82) is 0 Å². The molecule has 0 aliphatic carbocycles. The van der Waals surface area contributed by atoms with Crippen molar-refractivity contribution in [1.82, 2.24) is 10.3 Å². The monoisotopic (exact) mass is 358 g/mol. The molecule has 2 N–H and O–H groups in total. The third-order valence-electron chi connectivity index (χ3n) is 3.35. The molecule has 114 valence electrons. The zero-order valence-electron chi connectivity index (χ0n) is 11.3. The molecule has 9 heteroatoms. The van der Waals surface area contributed by atoms with Crippen LogP contribution in [0.1, 0.15) is 13.3 Å². The average Bonchev–Trinajstić information content (AvgIpc) is 2.36. The third kappa shape index (κ3) is 3.60. The SMILES string of the molecule is C[C@@H]1C[C@H](NC(=O)O)CN(c2c(Br)cncc2[N+](=O)[O-])C1. The maximum Gasteiger partial charge on any atom is 0.404 e. The molecule has 0 aromatic carbocycles. The number of anilines is 1. The van der Waals surface area contributed by atoms with Crippen molar-refractivity contribution in [2.75, 3.05) is 18.0 Å². The second-order valence-electron chi connectivity index (χ2n) is 5.14. The van der Waals surface area contributed by atoms with Gasteiger partial charge in [-0.05, 0) is 28.3 Å². The van der Waals surface area contributed by atoms with E-state index in [1.165, 1.54) is 12.4 Å². The molecule has 8 nitrogen and oxygen atoms in total. The molecule has 0 spiro atoms. The lowest BCUT2D eigenvalue weighted by Crippen LogP contribution is -2.50. The number of nitro groups is 1. The molecule has 21 heavy (non-hydrogen) atoms. The summed E-state index contributed by atoms with van der Waals surface area (Å²) >= 11 is 3.30. The lowest BCUT2D eigenvalue weighted by molar-refractivity contribution is -0.384. The Balaban J connectivity index is 2.32. The van der Waals surface area contributed by atoms with E-state index in [1.54, 1.807) is 0 Å². The first-order valence-electron chi connectivity index (χ1n) is 6.40. The first kappa shape index (κ1) is 15.5. The van der Waals surface area contributed by atoms with Gasteiger partial charge in [0.2, 0.25) is 0 Å². The fourth-order valence-electron chi connectivity index (χ4n) is 2.68. The summed E-state index contributed by atoms with van der Waals surface area (Å²) in [5.74, 6) is 0.218. The summed E-state index contributed by atoms with van der Waals surface area (Å²) in [6.45, 7) is 3.00. The molecular weight excluding hydrogens is 344 g/mol. The fourth-order valence-corrected chi connectivity index (χ4v) is 3.25. The Morgan fingerprint density at radius 2 is 2.29 bits per heavy atom. The largest absolute Gasteiger partial charge is 0.465 e. The van der Waals surface area contributed by atoms with Crippen LogP contribution in [-0.4, -0.2) is 40.2 Å². The lowest BCUT2D eigenvalue weighted by atomic mass is 9.95. The van der Waals surface area contributed by atoms with Crippen LogP contribution in [0.5, 0.6) is 0 Å². The van der Waals surface area contributed by atoms with Crippen molar-refractivity contribution in [3.05, 3.63) is 27.0 Å². The summed E-state index contributed by atoms with van der Waals surface area (Å²) in [7, 11) is 0. The minimum atomic E-state index is -1.09. The summed E-state index contributed by atoms with van der Waals surface area (Å²) in [4.78, 5) is 27.1. The quantitative estimate of drug-likeness (QED) is 0.633. The van der Waals surface area contributed by atoms with Crippen molar-refractivity contribution in [3.8, 4) is 0 Å². The molecule has 1 aliphatic rings. The predicted octanol–water partition coefficient (Wildman–Crippen LogP) is 2.23. The van der Waals surface area contributed by atoms with E-state index in [-0.39, 0.29) is 17.6 Å². The van der Waals surface area contributed by atoms with Gasteiger partial charge in [0.05, 0.1) is 9.40 Å². The van der Waals surface area contributed by atoms with E-state index in [0.717, 1.165) is 0 Å². The molecule has 2 heterocycles. The van der Waals surface area contributed by atoms with Gasteiger partial charge in [-0.1, -0.05) is 6.92 Å². The van der Waals surface area contributed by atoms with Gasteiger partial charge in [-0.15, -0.1) is 0 Å². The Bertz CT molecular complexity index is 568. The maximum absolute atomic E-state index is 11.2. The first-order valence-corrected chi connectivity index (χ1v) is 7.20. The minimum Gasteiger partial charge on any atom is -0.465 e. The van der Waals surface area contributed by atoms with Gasteiger partial charge in [0.1, 0.15) is 11.9 Å². The number of hydrogen-bond acceptors (Lipinski definition) is 5. The number of amides is 1. The van der Waals surface area contributed by atoms with Gasteiger partial charge < -0.3 is 15.3 Å². The van der Waals surface area contributed by atoms with Gasteiger partial charge in [-0.2, -0.15) is 0 Å². The molecule has 0 unspecified atom stereocenters. The fraction of sp³-hybridized carbons (Fsp3) is 0.500. The van der Waals surface area contributed by atoms with Gasteiger partial charge in [-0.3, -0.25) is 15.1 Å². The Kier molecular flexibility index (Phi) is 4.61. The molecule has 2 rings (SSSR count). The molecule has 1 aromatic heterocycles. The van der Waals surface area contributed by atoms with Gasteiger partial charge >= 0.3 is 11.8 Å². The molecule has 2 atom stereocenters. The van der Waals surface area contributed by atoms with Crippen LogP contribution in [0, 0.1) is 16.0 Å². The van der Waals surface area contributed by atoms with Crippen LogP contribution in [0.15, 0.2) is 16.9 Å². The molecule has 1 aliphatic heterocycles. The zero-order chi connectivity index (χ0) is 15.6. The number of halogens is 1. The summed E-state index contributed by atoms with van der Waals surface area (Å²) in [5, 5.41) is 22.5. The van der Waals surface area contributed by atoms with Crippen LogP contribution >= 0.6 is 15.9 Å². The minimum absolute atomic E-state index is 0.0902. The van der Waals surface area contributed by atoms with Crippen LogP contribution in [0.25, 0.3) is 0 Å². The van der Waals surface area contributed by atoms with Crippen molar-refractivity contribution in [2.45, 2.75) is 19.4 Å². The second-order valence-corrected chi connectivity index (χ2v) is 5.99. The van der Waals surface area contributed by atoms with Crippen molar-refractivity contribution in [3.63, 3.8) is 0 Å². The highest BCUT2D eigenvalue weighted by Gasteiger charge is 2.31. The van der Waals surface area contributed by atoms with E-state index < -0.39 is 11.0 Å². The number of carbonyl (C=O) groups is 1. The number of piperidine rings is 1. The Hall–Kier alpha value is -1.90. The molecule has 1 fully saturated rings. The molecular formula is C12H15BrN4O4. The maximum atomic E-state index is 11.2. The first-order chi connectivity index (χ1) is 9.88. The topological polar surface area (TPSA) is 109 Å². The number of carboxylic acid groups (broad SMARTS) is 1. The highest BCUT2D eigenvalue weighted by molar-refractivity contribution is 9.10. The zero-order valence-corrected chi connectivity index (χ0v) is 12.9. The summed E-state index contributed by atoms with van der Waals surface area (Å²) in [5.41, 5.74) is 0.353. The highest BCUT2D eigenvalue weighted by Crippen LogP contribution is 2.36. The molecule has 1 saturated heterocycles. The lowest BCUT2D eigenvalue weighted by Gasteiger charge is -2.37. The molecule has 0 bridgehead atoms. The average molecular weight is 359 g/mol. The van der Waals surface area contributed by atoms with E-state index in [4.69, 9.17) is 5.11 Å². The molecule has 1 aromatic rings. The van der Waals surface area contributed by atoms with Crippen LogP contribution in [0.2, 0.25) is 0 Å². The van der Waals surface area contributed by atoms with Crippen LogP contribution in [-0.2, 0) is 0 Å². The van der Waals surface area contributed by atoms with Crippen LogP contribution in [0.3, 0.4) is 0 Å². The normalized spacial score (nSPS) is 21.9.